The van der Waals surface area contributed by atoms with Crippen LogP contribution in [0.3, 0.4) is 0 Å². The van der Waals surface area contributed by atoms with E-state index in [9.17, 15) is 13.2 Å². The number of ether oxygens (including phenoxy) is 1. The molecule has 2 N–H and O–H groups in total. The maximum Gasteiger partial charge on any atom is 0.420 e. The van der Waals surface area contributed by atoms with Gasteiger partial charge in [-0.3, -0.25) is 0 Å². The topological polar surface area (TPSA) is 35.2 Å². The van der Waals surface area contributed by atoms with E-state index in [1.165, 1.54) is 12.1 Å². The first-order valence-electron chi connectivity index (χ1n) is 5.26. The summed E-state index contributed by atoms with van der Waals surface area (Å²) < 4.78 is 44.6. The Hall–Kier alpha value is -1.69. The van der Waals surface area contributed by atoms with Crippen molar-refractivity contribution in [1.29, 1.82) is 0 Å². The van der Waals surface area contributed by atoms with Crippen LogP contribution < -0.4 is 10.5 Å². The lowest BCUT2D eigenvalue weighted by molar-refractivity contribution is -0.138. The van der Waals surface area contributed by atoms with Gasteiger partial charge >= 0.3 is 6.18 Å². The number of hydrogen-bond acceptors (Lipinski definition) is 2. The molecule has 100 valence electrons. The van der Waals surface area contributed by atoms with E-state index in [2.05, 4.69) is 15.9 Å². The van der Waals surface area contributed by atoms with E-state index < -0.39 is 11.7 Å². The lowest BCUT2D eigenvalue weighted by atomic mass is 10.1. The lowest BCUT2D eigenvalue weighted by Crippen LogP contribution is -2.08. The molecule has 0 unspecified atom stereocenters. The Balaban J connectivity index is 2.40. The number of nitrogens with two attached hydrogens (primary N) is 1. The van der Waals surface area contributed by atoms with Crippen LogP contribution in [0.25, 0.3) is 0 Å². The van der Waals surface area contributed by atoms with Crippen molar-refractivity contribution >= 4 is 21.6 Å². The van der Waals surface area contributed by atoms with E-state index in [0.717, 1.165) is 6.07 Å². The summed E-state index contributed by atoms with van der Waals surface area (Å²) in [5.41, 5.74) is 4.52. The largest absolute Gasteiger partial charge is 0.457 e. The fourth-order valence-electron chi connectivity index (χ4n) is 1.52. The Labute approximate surface area is 116 Å². The van der Waals surface area contributed by atoms with Gasteiger partial charge < -0.3 is 10.5 Å². The van der Waals surface area contributed by atoms with Crippen molar-refractivity contribution in [3.05, 3.63) is 52.5 Å². The molecule has 0 radical (unpaired) electrons. The van der Waals surface area contributed by atoms with Crippen LogP contribution in [0.4, 0.5) is 18.9 Å². The van der Waals surface area contributed by atoms with E-state index in [4.69, 9.17) is 10.5 Å². The summed E-state index contributed by atoms with van der Waals surface area (Å²) in [7, 11) is 0. The van der Waals surface area contributed by atoms with Crippen LogP contribution in [-0.2, 0) is 6.18 Å². The number of benzene rings is 2. The van der Waals surface area contributed by atoms with Gasteiger partial charge in [0.05, 0.1) is 0 Å². The molecule has 0 aliphatic rings. The molecule has 0 amide bonds. The Bertz CT molecular complexity index is 599. The minimum Gasteiger partial charge on any atom is -0.457 e. The van der Waals surface area contributed by atoms with Gasteiger partial charge in [-0.2, -0.15) is 13.2 Å². The Morgan fingerprint density at radius 3 is 2.42 bits per heavy atom. The first-order valence-corrected chi connectivity index (χ1v) is 6.06. The maximum absolute atomic E-state index is 12.9. The van der Waals surface area contributed by atoms with Crippen LogP contribution in [0.5, 0.6) is 11.5 Å². The molecule has 0 bridgehead atoms. The third kappa shape index (κ3) is 3.41. The minimum absolute atomic E-state index is 0.0360. The quantitative estimate of drug-likeness (QED) is 0.799. The molecular weight excluding hydrogens is 323 g/mol. The van der Waals surface area contributed by atoms with Crippen LogP contribution >= 0.6 is 15.9 Å². The Morgan fingerprint density at radius 2 is 1.79 bits per heavy atom. The normalized spacial score (nSPS) is 11.4. The van der Waals surface area contributed by atoms with Gasteiger partial charge in [0.25, 0.3) is 0 Å². The third-order valence-electron chi connectivity index (χ3n) is 2.33. The molecule has 0 spiro atoms. The SMILES string of the molecule is Nc1ccc(Oc2cccc(Br)c2)c(C(F)(F)F)c1. The van der Waals surface area contributed by atoms with Gasteiger partial charge in [-0.15, -0.1) is 0 Å². The average molecular weight is 332 g/mol. The van der Waals surface area contributed by atoms with Crippen LogP contribution in [-0.4, -0.2) is 0 Å². The van der Waals surface area contributed by atoms with E-state index in [-0.39, 0.29) is 11.4 Å². The monoisotopic (exact) mass is 331 g/mol. The molecule has 0 atom stereocenters. The highest BCUT2D eigenvalue weighted by atomic mass is 79.9. The van der Waals surface area contributed by atoms with Crippen molar-refractivity contribution in [2.24, 2.45) is 0 Å². The van der Waals surface area contributed by atoms with Gasteiger partial charge in [0.15, 0.2) is 0 Å². The average Bonchev–Trinajstić information content (AvgIpc) is 2.30. The second-order valence-corrected chi connectivity index (χ2v) is 4.73. The first-order chi connectivity index (χ1) is 8.86. The highest BCUT2D eigenvalue weighted by Gasteiger charge is 2.34. The number of rotatable bonds is 2. The van der Waals surface area contributed by atoms with Gasteiger partial charge in [-0.1, -0.05) is 22.0 Å². The van der Waals surface area contributed by atoms with Crippen molar-refractivity contribution < 1.29 is 17.9 Å². The highest BCUT2D eigenvalue weighted by molar-refractivity contribution is 9.10. The zero-order valence-corrected chi connectivity index (χ0v) is 11.1. The molecular formula is C13H9BrF3NO. The summed E-state index contributed by atoms with van der Waals surface area (Å²) >= 11 is 3.22. The molecule has 6 heteroatoms. The molecule has 0 saturated carbocycles. The van der Waals surface area contributed by atoms with Crippen molar-refractivity contribution in [3.8, 4) is 11.5 Å². The predicted molar refractivity (Wildman–Crippen MR) is 70.1 cm³/mol. The van der Waals surface area contributed by atoms with Gasteiger partial charge in [0.2, 0.25) is 0 Å². The smallest absolute Gasteiger partial charge is 0.420 e. The van der Waals surface area contributed by atoms with E-state index in [1.54, 1.807) is 24.3 Å². The summed E-state index contributed by atoms with van der Waals surface area (Å²) in [6.07, 6.45) is -4.52. The molecule has 0 aliphatic heterocycles. The molecule has 2 aromatic rings. The molecule has 0 heterocycles. The predicted octanol–water partition coefficient (Wildman–Crippen LogP) is 4.84. The summed E-state index contributed by atoms with van der Waals surface area (Å²) in [6, 6.07) is 10.00. The van der Waals surface area contributed by atoms with E-state index in [0.29, 0.717) is 10.2 Å². The summed E-state index contributed by atoms with van der Waals surface area (Å²) in [4.78, 5) is 0. The Kier molecular flexibility index (Phi) is 3.71. The van der Waals surface area contributed by atoms with Crippen molar-refractivity contribution in [1.82, 2.24) is 0 Å². The summed E-state index contributed by atoms with van der Waals surface area (Å²) in [6.45, 7) is 0. The fraction of sp³-hybridized carbons (Fsp3) is 0.0769. The van der Waals surface area contributed by atoms with Crippen molar-refractivity contribution in [2.75, 3.05) is 5.73 Å². The fourth-order valence-corrected chi connectivity index (χ4v) is 1.89. The molecule has 0 saturated heterocycles. The van der Waals surface area contributed by atoms with Crippen LogP contribution in [0.15, 0.2) is 46.9 Å². The van der Waals surface area contributed by atoms with Crippen molar-refractivity contribution in [2.45, 2.75) is 6.18 Å². The number of anilines is 1. The van der Waals surface area contributed by atoms with Crippen molar-refractivity contribution in [3.63, 3.8) is 0 Å². The zero-order valence-electron chi connectivity index (χ0n) is 9.54. The molecule has 2 aromatic carbocycles. The molecule has 0 aliphatic carbocycles. The Morgan fingerprint density at radius 1 is 1.05 bits per heavy atom. The second-order valence-electron chi connectivity index (χ2n) is 3.81. The van der Waals surface area contributed by atoms with Crippen LogP contribution in [0, 0.1) is 0 Å². The van der Waals surface area contributed by atoms with Crippen LogP contribution in [0.1, 0.15) is 5.56 Å². The van der Waals surface area contributed by atoms with E-state index in [1.807, 2.05) is 0 Å². The van der Waals surface area contributed by atoms with Crippen LogP contribution in [0.2, 0.25) is 0 Å². The first kappa shape index (κ1) is 13.7. The zero-order chi connectivity index (χ0) is 14.0. The second kappa shape index (κ2) is 5.13. The minimum atomic E-state index is -4.52. The van der Waals surface area contributed by atoms with Gasteiger partial charge in [0.1, 0.15) is 17.1 Å². The van der Waals surface area contributed by atoms with E-state index >= 15 is 0 Å². The number of nitrogen functional groups attached to an aromatic ring is 1. The number of halogens is 4. The van der Waals surface area contributed by atoms with Gasteiger partial charge in [-0.25, -0.2) is 0 Å². The summed E-state index contributed by atoms with van der Waals surface area (Å²) in [5.74, 6) is 0.0319. The van der Waals surface area contributed by atoms with Gasteiger partial charge in [0, 0.05) is 10.2 Å². The standard InChI is InChI=1S/C13H9BrF3NO/c14-8-2-1-3-10(6-8)19-12-5-4-9(18)7-11(12)13(15,16)17/h1-7H,18H2. The third-order valence-corrected chi connectivity index (χ3v) is 2.83. The molecule has 0 aromatic heterocycles. The molecule has 0 fully saturated rings. The van der Waals surface area contributed by atoms with Gasteiger partial charge in [-0.05, 0) is 36.4 Å². The maximum atomic E-state index is 12.9. The summed E-state index contributed by atoms with van der Waals surface area (Å²) in [5, 5.41) is 0. The molecule has 19 heavy (non-hydrogen) atoms. The molecule has 2 nitrogen and oxygen atoms in total. The number of hydrogen-bond donors (Lipinski definition) is 1. The number of alkyl halides is 3. The lowest BCUT2D eigenvalue weighted by Gasteiger charge is -2.14. The molecule has 2 rings (SSSR count). The highest BCUT2D eigenvalue weighted by Crippen LogP contribution is 2.39.